The van der Waals surface area contributed by atoms with E-state index < -0.39 is 0 Å². The molecule has 0 bridgehead atoms. The van der Waals surface area contributed by atoms with Crippen LogP contribution in [-0.4, -0.2) is 34.5 Å². The van der Waals surface area contributed by atoms with Crippen LogP contribution in [0.15, 0.2) is 42.6 Å². The summed E-state index contributed by atoms with van der Waals surface area (Å²) in [5.41, 5.74) is 1.06. The Balaban J connectivity index is 0.000000605. The average molecular weight is 153 g/mol. The predicted molar refractivity (Wildman–Crippen MR) is 48.9 cm³/mol. The van der Waals surface area contributed by atoms with E-state index in [1.807, 2.05) is 30.5 Å². The fourth-order valence-corrected chi connectivity index (χ4v) is 1.02. The minimum atomic E-state index is 0. The third kappa shape index (κ3) is 1.80. The maximum Gasteiger partial charge on any atom is 0.0701 e. The second-order valence-electron chi connectivity index (χ2n) is 2.20. The van der Waals surface area contributed by atoms with E-state index in [0.29, 0.717) is 0 Å². The number of hydrogen-bond acceptors (Lipinski definition) is 1. The van der Waals surface area contributed by atoms with Crippen molar-refractivity contribution in [3.05, 3.63) is 42.6 Å². The molecule has 2 heteroatoms. The van der Waals surface area contributed by atoms with Gasteiger partial charge >= 0.3 is 29.6 Å². The zero-order chi connectivity index (χ0) is 6.81. The number of pyridine rings is 1. The van der Waals surface area contributed by atoms with Gasteiger partial charge in [0.25, 0.3) is 0 Å². The zero-order valence-corrected chi connectivity index (χ0v) is 5.49. The molecule has 1 heterocycles. The summed E-state index contributed by atoms with van der Waals surface area (Å²) in [5.74, 6) is 0. The molecule has 0 aliphatic rings. The Morgan fingerprint density at radius 3 is 2.45 bits per heavy atom. The molecular formula is C9H8NNa. The Labute approximate surface area is 87.7 Å². The van der Waals surface area contributed by atoms with Crippen LogP contribution in [0.2, 0.25) is 0 Å². The monoisotopic (exact) mass is 153 g/mol. The second-order valence-corrected chi connectivity index (χ2v) is 2.20. The molecule has 0 atom stereocenters. The third-order valence-electron chi connectivity index (χ3n) is 1.51. The van der Waals surface area contributed by atoms with E-state index >= 15 is 0 Å². The molecule has 0 aliphatic carbocycles. The van der Waals surface area contributed by atoms with Crippen LogP contribution in [0.1, 0.15) is 0 Å². The van der Waals surface area contributed by atoms with Gasteiger partial charge in [0.2, 0.25) is 0 Å². The van der Waals surface area contributed by atoms with E-state index in [0.717, 1.165) is 5.52 Å². The summed E-state index contributed by atoms with van der Waals surface area (Å²) < 4.78 is 0. The minimum absolute atomic E-state index is 0. The van der Waals surface area contributed by atoms with Gasteiger partial charge in [-0.1, -0.05) is 24.3 Å². The third-order valence-corrected chi connectivity index (χ3v) is 1.51. The maximum absolute atomic E-state index is 4.18. The quantitative estimate of drug-likeness (QED) is 0.524. The fourth-order valence-electron chi connectivity index (χ4n) is 1.02. The summed E-state index contributed by atoms with van der Waals surface area (Å²) in [7, 11) is 0. The van der Waals surface area contributed by atoms with Gasteiger partial charge in [0.1, 0.15) is 0 Å². The van der Waals surface area contributed by atoms with Crippen LogP contribution in [-0.2, 0) is 0 Å². The molecule has 0 spiro atoms. The van der Waals surface area contributed by atoms with Crippen molar-refractivity contribution in [3.8, 4) is 0 Å². The summed E-state index contributed by atoms with van der Waals surface area (Å²) in [6, 6.07) is 12.1. The van der Waals surface area contributed by atoms with Gasteiger partial charge in [-0.15, -0.1) is 0 Å². The molecular weight excluding hydrogens is 145 g/mol. The van der Waals surface area contributed by atoms with Gasteiger partial charge in [-0.05, 0) is 12.1 Å². The molecule has 0 amide bonds. The van der Waals surface area contributed by atoms with Crippen LogP contribution in [0.3, 0.4) is 0 Å². The Kier molecular flexibility index (Phi) is 3.06. The summed E-state index contributed by atoms with van der Waals surface area (Å²) in [6.45, 7) is 0. The van der Waals surface area contributed by atoms with Crippen molar-refractivity contribution in [2.45, 2.75) is 0 Å². The molecule has 0 saturated heterocycles. The van der Waals surface area contributed by atoms with E-state index in [4.69, 9.17) is 0 Å². The van der Waals surface area contributed by atoms with Gasteiger partial charge < -0.3 is 0 Å². The maximum atomic E-state index is 4.18. The number of rotatable bonds is 0. The van der Waals surface area contributed by atoms with Crippen LogP contribution in [0, 0.1) is 0 Å². The first kappa shape index (κ1) is 8.72. The number of para-hydroxylation sites is 1. The van der Waals surface area contributed by atoms with E-state index in [1.165, 1.54) is 5.39 Å². The Morgan fingerprint density at radius 1 is 0.909 bits per heavy atom. The molecule has 2 aromatic rings. The Hall–Kier alpha value is -0.370. The molecule has 50 valence electrons. The minimum Gasteiger partial charge on any atom is -0.256 e. The van der Waals surface area contributed by atoms with Gasteiger partial charge in [-0.25, -0.2) is 0 Å². The summed E-state index contributed by atoms with van der Waals surface area (Å²) >= 11 is 0. The van der Waals surface area contributed by atoms with Crippen LogP contribution in [0.4, 0.5) is 0 Å². The number of aromatic nitrogens is 1. The van der Waals surface area contributed by atoms with Crippen LogP contribution >= 0.6 is 0 Å². The summed E-state index contributed by atoms with van der Waals surface area (Å²) in [4.78, 5) is 4.18. The standard InChI is InChI=1S/C9H7N.Na.H/c1-2-6-9-8(4-1)5-3-7-10-9;;/h1-7H;;. The van der Waals surface area contributed by atoms with Crippen molar-refractivity contribution in [3.63, 3.8) is 0 Å². The van der Waals surface area contributed by atoms with Gasteiger partial charge in [0.05, 0.1) is 5.52 Å². The molecule has 1 nitrogen and oxygen atoms in total. The first-order chi connectivity index (χ1) is 4.97. The number of fused-ring (bicyclic) bond motifs is 1. The van der Waals surface area contributed by atoms with E-state index in [-0.39, 0.29) is 29.6 Å². The summed E-state index contributed by atoms with van der Waals surface area (Å²) in [6.07, 6.45) is 1.81. The van der Waals surface area contributed by atoms with E-state index in [9.17, 15) is 0 Å². The predicted octanol–water partition coefficient (Wildman–Crippen LogP) is 1.59. The molecule has 0 saturated carbocycles. The molecule has 2 rings (SSSR count). The number of hydrogen-bond donors (Lipinski definition) is 0. The molecule has 0 aliphatic heterocycles. The molecule has 0 fully saturated rings. The Morgan fingerprint density at radius 2 is 1.64 bits per heavy atom. The van der Waals surface area contributed by atoms with Crippen LogP contribution in [0.5, 0.6) is 0 Å². The average Bonchev–Trinajstić information content (AvgIpc) is 2.05. The first-order valence-corrected chi connectivity index (χ1v) is 3.26. The van der Waals surface area contributed by atoms with Gasteiger partial charge in [0.15, 0.2) is 0 Å². The molecule has 0 unspecified atom stereocenters. The SMILES string of the molecule is [NaH].c1ccc2ncccc2c1. The van der Waals surface area contributed by atoms with Gasteiger partial charge in [-0.2, -0.15) is 0 Å². The Bertz CT molecular complexity index is 281. The van der Waals surface area contributed by atoms with Gasteiger partial charge in [0, 0.05) is 11.6 Å². The van der Waals surface area contributed by atoms with Crippen molar-refractivity contribution < 1.29 is 0 Å². The molecule has 0 radical (unpaired) electrons. The van der Waals surface area contributed by atoms with Gasteiger partial charge in [-0.3, -0.25) is 4.98 Å². The van der Waals surface area contributed by atoms with Crippen molar-refractivity contribution in [1.82, 2.24) is 4.98 Å². The zero-order valence-electron chi connectivity index (χ0n) is 5.49. The van der Waals surface area contributed by atoms with Crippen LogP contribution in [0.25, 0.3) is 10.9 Å². The molecule has 1 aromatic heterocycles. The number of nitrogens with zero attached hydrogens (tertiary/aromatic N) is 1. The van der Waals surface area contributed by atoms with Crippen molar-refractivity contribution in [2.24, 2.45) is 0 Å². The second kappa shape index (κ2) is 3.86. The topological polar surface area (TPSA) is 12.9 Å². The van der Waals surface area contributed by atoms with Crippen molar-refractivity contribution in [1.29, 1.82) is 0 Å². The molecule has 1 aromatic carbocycles. The molecule has 0 N–H and O–H groups in total. The van der Waals surface area contributed by atoms with E-state index in [2.05, 4.69) is 17.1 Å². The smallest absolute Gasteiger partial charge is 0.0701 e. The fraction of sp³-hybridized carbons (Fsp3) is 0. The first-order valence-electron chi connectivity index (χ1n) is 3.26. The largest absolute Gasteiger partial charge is 0.256 e. The number of benzene rings is 1. The van der Waals surface area contributed by atoms with Crippen molar-refractivity contribution in [2.75, 3.05) is 0 Å². The van der Waals surface area contributed by atoms with E-state index in [1.54, 1.807) is 0 Å². The molecule has 11 heavy (non-hydrogen) atoms. The normalized spacial score (nSPS) is 9.09. The summed E-state index contributed by atoms with van der Waals surface area (Å²) in [5, 5.41) is 1.20. The van der Waals surface area contributed by atoms with Crippen LogP contribution < -0.4 is 0 Å². The van der Waals surface area contributed by atoms with Crippen molar-refractivity contribution >= 4 is 40.5 Å².